The van der Waals surface area contributed by atoms with Crippen LogP contribution in [0.15, 0.2) is 0 Å². The van der Waals surface area contributed by atoms with Crippen LogP contribution in [0.2, 0.25) is 0 Å². The number of nitrogens with two attached hydrogens (primary N) is 1. The van der Waals surface area contributed by atoms with E-state index in [9.17, 15) is 4.79 Å². The number of hydrogen-bond acceptors (Lipinski definition) is 2. The second-order valence-corrected chi connectivity index (χ2v) is 1.73. The standard InChI is InChI=1S/C5H11NO2.Y/c1-2-3-4(6)5(7)8;/h4H,2-3,6H2,1H3,(H,7,8);. The summed E-state index contributed by atoms with van der Waals surface area (Å²) in [6, 6.07) is -0.667. The van der Waals surface area contributed by atoms with Gasteiger partial charge in [-0.15, -0.1) is 0 Å². The Labute approximate surface area is 79.9 Å². The molecule has 3 nitrogen and oxygen atoms in total. The molecule has 0 aliphatic heterocycles. The van der Waals surface area contributed by atoms with Crippen molar-refractivity contribution in [2.24, 2.45) is 5.73 Å². The minimum atomic E-state index is -0.910. The van der Waals surface area contributed by atoms with Gasteiger partial charge in [-0.1, -0.05) is 13.3 Å². The molecule has 0 spiro atoms. The zero-order valence-electron chi connectivity index (χ0n) is 5.50. The van der Waals surface area contributed by atoms with Crippen molar-refractivity contribution in [3.63, 3.8) is 0 Å². The normalized spacial score (nSPS) is 11.8. The summed E-state index contributed by atoms with van der Waals surface area (Å²) in [6.07, 6.45) is 1.39. The third-order valence-corrected chi connectivity index (χ3v) is 0.917. The molecule has 0 aliphatic carbocycles. The van der Waals surface area contributed by atoms with Gasteiger partial charge in [0.05, 0.1) is 0 Å². The molecule has 9 heavy (non-hydrogen) atoms. The Morgan fingerprint density at radius 1 is 1.78 bits per heavy atom. The van der Waals surface area contributed by atoms with Gasteiger partial charge < -0.3 is 10.8 Å². The smallest absolute Gasteiger partial charge is 0.320 e. The van der Waals surface area contributed by atoms with Gasteiger partial charge in [0.25, 0.3) is 0 Å². The third kappa shape index (κ3) is 6.42. The molecule has 0 fully saturated rings. The summed E-state index contributed by atoms with van der Waals surface area (Å²) >= 11 is 0. The predicted octanol–water partition coefficient (Wildman–Crippen LogP) is 0.196. The molecule has 0 saturated carbocycles. The summed E-state index contributed by atoms with van der Waals surface area (Å²) in [5.74, 6) is -0.910. The van der Waals surface area contributed by atoms with E-state index < -0.39 is 12.0 Å². The summed E-state index contributed by atoms with van der Waals surface area (Å²) in [5.41, 5.74) is 5.13. The molecule has 0 heterocycles. The van der Waals surface area contributed by atoms with Gasteiger partial charge in [-0.2, -0.15) is 0 Å². The summed E-state index contributed by atoms with van der Waals surface area (Å²) in [7, 11) is 0. The van der Waals surface area contributed by atoms with E-state index in [1.165, 1.54) is 0 Å². The number of carbonyl (C=O) groups is 1. The molecule has 0 rings (SSSR count). The van der Waals surface area contributed by atoms with Crippen LogP contribution in [-0.4, -0.2) is 17.1 Å². The molecule has 0 saturated heterocycles. The molecule has 0 aliphatic rings. The third-order valence-electron chi connectivity index (χ3n) is 0.917. The Bertz CT molecular complexity index is 87.0. The number of aliphatic carboxylic acids is 1. The molecule has 1 unspecified atom stereocenters. The largest absolute Gasteiger partial charge is 0.480 e. The van der Waals surface area contributed by atoms with Crippen molar-refractivity contribution in [2.45, 2.75) is 25.8 Å². The number of rotatable bonds is 3. The molecule has 0 aromatic carbocycles. The number of carboxylic acid groups (broad SMARTS) is 1. The van der Waals surface area contributed by atoms with E-state index in [2.05, 4.69) is 0 Å². The summed E-state index contributed by atoms with van der Waals surface area (Å²) in [5, 5.41) is 8.19. The van der Waals surface area contributed by atoms with Crippen molar-refractivity contribution in [3.05, 3.63) is 0 Å². The van der Waals surface area contributed by atoms with Gasteiger partial charge >= 0.3 is 5.97 Å². The molecule has 4 heteroatoms. The average molecular weight is 206 g/mol. The molecule has 1 atom stereocenters. The van der Waals surface area contributed by atoms with Crippen LogP contribution in [0.4, 0.5) is 0 Å². The Morgan fingerprint density at radius 2 is 2.22 bits per heavy atom. The van der Waals surface area contributed by atoms with Crippen molar-refractivity contribution in [3.8, 4) is 0 Å². The Morgan fingerprint density at radius 3 is 2.33 bits per heavy atom. The van der Waals surface area contributed by atoms with Gasteiger partial charge in [-0.3, -0.25) is 4.79 Å². The first-order valence-electron chi connectivity index (χ1n) is 2.67. The van der Waals surface area contributed by atoms with E-state index >= 15 is 0 Å². The minimum Gasteiger partial charge on any atom is -0.480 e. The van der Waals surface area contributed by atoms with Crippen molar-refractivity contribution in [1.29, 1.82) is 0 Å². The zero-order chi connectivity index (χ0) is 6.57. The van der Waals surface area contributed by atoms with E-state index in [1.807, 2.05) is 6.92 Å². The Balaban J connectivity index is 0. The van der Waals surface area contributed by atoms with E-state index in [0.29, 0.717) is 6.42 Å². The molecule has 1 radical (unpaired) electrons. The predicted molar refractivity (Wildman–Crippen MR) is 30.5 cm³/mol. The second kappa shape index (κ2) is 6.65. The maximum absolute atomic E-state index is 9.96. The summed E-state index contributed by atoms with van der Waals surface area (Å²) < 4.78 is 0. The molecule has 0 aromatic heterocycles. The van der Waals surface area contributed by atoms with E-state index in [1.54, 1.807) is 0 Å². The Hall–Kier alpha value is 0.534. The summed E-state index contributed by atoms with van der Waals surface area (Å²) in [4.78, 5) is 9.96. The fourth-order valence-corrected chi connectivity index (χ4v) is 0.434. The maximum Gasteiger partial charge on any atom is 0.320 e. The Kier molecular flexibility index (Phi) is 9.04. The molecular weight excluding hydrogens is 195 g/mol. The molecule has 0 bridgehead atoms. The zero-order valence-corrected chi connectivity index (χ0v) is 8.34. The van der Waals surface area contributed by atoms with Crippen molar-refractivity contribution >= 4 is 5.97 Å². The van der Waals surface area contributed by atoms with Crippen molar-refractivity contribution < 1.29 is 42.6 Å². The van der Waals surface area contributed by atoms with Crippen LogP contribution in [0.25, 0.3) is 0 Å². The first-order valence-corrected chi connectivity index (χ1v) is 2.67. The van der Waals surface area contributed by atoms with E-state index in [-0.39, 0.29) is 32.7 Å². The van der Waals surface area contributed by atoms with Crippen LogP contribution in [-0.2, 0) is 37.5 Å². The molecule has 0 aromatic rings. The van der Waals surface area contributed by atoms with Crippen LogP contribution in [0, 0.1) is 0 Å². The number of carboxylic acids is 1. The fraction of sp³-hybridized carbons (Fsp3) is 0.800. The molecular formula is C5H11NO2Y. The van der Waals surface area contributed by atoms with Gasteiger partial charge in [-0.05, 0) is 6.42 Å². The first-order chi connectivity index (χ1) is 3.68. The van der Waals surface area contributed by atoms with E-state index in [0.717, 1.165) is 6.42 Å². The molecule has 0 amide bonds. The van der Waals surface area contributed by atoms with Crippen LogP contribution in [0.5, 0.6) is 0 Å². The second-order valence-electron chi connectivity index (χ2n) is 1.73. The van der Waals surface area contributed by atoms with Gasteiger partial charge in [-0.25, -0.2) is 0 Å². The van der Waals surface area contributed by atoms with Gasteiger partial charge in [0.15, 0.2) is 0 Å². The van der Waals surface area contributed by atoms with Gasteiger partial charge in [0.2, 0.25) is 0 Å². The van der Waals surface area contributed by atoms with Crippen LogP contribution in [0.1, 0.15) is 19.8 Å². The first kappa shape index (κ1) is 12.2. The van der Waals surface area contributed by atoms with Gasteiger partial charge in [0, 0.05) is 32.7 Å². The molecule has 51 valence electrons. The molecule has 3 N–H and O–H groups in total. The SMILES string of the molecule is CCCC(N)C(=O)O.[Y]. The quantitative estimate of drug-likeness (QED) is 0.693. The minimum absolute atomic E-state index is 0. The van der Waals surface area contributed by atoms with E-state index in [4.69, 9.17) is 10.8 Å². The maximum atomic E-state index is 9.96. The number of hydrogen-bond donors (Lipinski definition) is 2. The fourth-order valence-electron chi connectivity index (χ4n) is 0.434. The summed E-state index contributed by atoms with van der Waals surface area (Å²) in [6.45, 7) is 1.91. The van der Waals surface area contributed by atoms with Crippen molar-refractivity contribution in [2.75, 3.05) is 0 Å². The van der Waals surface area contributed by atoms with Crippen molar-refractivity contribution in [1.82, 2.24) is 0 Å². The average Bonchev–Trinajstić information content (AvgIpc) is 1.67. The monoisotopic (exact) mass is 206 g/mol. The van der Waals surface area contributed by atoms with Gasteiger partial charge in [0.1, 0.15) is 6.04 Å². The van der Waals surface area contributed by atoms with Crippen LogP contribution >= 0.6 is 0 Å². The van der Waals surface area contributed by atoms with Crippen LogP contribution < -0.4 is 5.73 Å². The topological polar surface area (TPSA) is 63.3 Å². The van der Waals surface area contributed by atoms with Crippen LogP contribution in [0.3, 0.4) is 0 Å².